The molecule has 230 valence electrons. The molecular formula is C36H40N2O6. The van der Waals surface area contributed by atoms with Crippen molar-refractivity contribution < 1.29 is 28.8 Å². The zero-order valence-corrected chi connectivity index (χ0v) is 24.7. The number of aliphatic hydroxyl groups is 1. The van der Waals surface area contributed by atoms with Gasteiger partial charge in [-0.1, -0.05) is 121 Å². The van der Waals surface area contributed by atoms with E-state index in [-0.39, 0.29) is 26.2 Å². The first-order valence-corrected chi connectivity index (χ1v) is 14.8. The van der Waals surface area contributed by atoms with Crippen LogP contribution in [0.3, 0.4) is 0 Å². The average molecular weight is 597 g/mol. The van der Waals surface area contributed by atoms with Crippen molar-refractivity contribution in [3.8, 4) is 0 Å². The summed E-state index contributed by atoms with van der Waals surface area (Å²) in [7, 11) is 0. The summed E-state index contributed by atoms with van der Waals surface area (Å²) in [6, 6.07) is 39.4. The first-order chi connectivity index (χ1) is 21.6. The molecule has 5 atom stereocenters. The molecule has 1 aliphatic heterocycles. The van der Waals surface area contributed by atoms with Gasteiger partial charge in [0.25, 0.3) is 0 Å². The van der Waals surface area contributed by atoms with E-state index in [1.54, 1.807) is 0 Å². The summed E-state index contributed by atoms with van der Waals surface area (Å²) in [6.45, 7) is 1.33. The zero-order valence-electron chi connectivity index (χ0n) is 24.7. The van der Waals surface area contributed by atoms with Crippen molar-refractivity contribution in [2.75, 3.05) is 6.61 Å². The van der Waals surface area contributed by atoms with E-state index in [9.17, 15) is 5.11 Å². The Balaban J connectivity index is 1.46. The average Bonchev–Trinajstić information content (AvgIpc) is 3.07. The maximum Gasteiger partial charge on any atom is 0.200 e. The molecule has 8 heteroatoms. The van der Waals surface area contributed by atoms with Crippen molar-refractivity contribution in [3.05, 3.63) is 144 Å². The number of ether oxygens (including phenoxy) is 5. The molecule has 0 radical (unpaired) electrons. The van der Waals surface area contributed by atoms with Gasteiger partial charge in [-0.05, 0) is 22.3 Å². The van der Waals surface area contributed by atoms with Gasteiger partial charge in [0.2, 0.25) is 5.79 Å². The predicted octanol–water partition coefficient (Wildman–Crippen LogP) is 5.38. The van der Waals surface area contributed by atoms with E-state index in [4.69, 9.17) is 29.5 Å². The van der Waals surface area contributed by atoms with Gasteiger partial charge in [-0.15, -0.1) is 0 Å². The molecular weight excluding hydrogens is 556 g/mol. The molecule has 4 aromatic carbocycles. The second-order valence-corrected chi connectivity index (χ2v) is 10.8. The minimum Gasteiger partial charge on any atom is -0.374 e. The van der Waals surface area contributed by atoms with Crippen LogP contribution in [-0.4, -0.2) is 48.1 Å². The molecule has 3 N–H and O–H groups in total. The Bertz CT molecular complexity index is 1390. The van der Waals surface area contributed by atoms with Crippen LogP contribution in [0.1, 0.15) is 28.7 Å². The van der Waals surface area contributed by atoms with E-state index < -0.39 is 30.2 Å². The highest BCUT2D eigenvalue weighted by Gasteiger charge is 2.56. The maximum absolute atomic E-state index is 12.1. The lowest BCUT2D eigenvalue weighted by molar-refractivity contribution is -0.367. The number of hydrogen-bond donors (Lipinski definition) is 2. The number of hydrogen-bond acceptors (Lipinski definition) is 8. The van der Waals surface area contributed by atoms with Gasteiger partial charge in [0.05, 0.1) is 33.0 Å². The van der Waals surface area contributed by atoms with Gasteiger partial charge in [-0.25, -0.2) is 0 Å². The Hall–Kier alpha value is -3.89. The third-order valence-electron chi connectivity index (χ3n) is 7.51. The fourth-order valence-electron chi connectivity index (χ4n) is 5.28. The van der Waals surface area contributed by atoms with E-state index in [1.807, 2.05) is 121 Å². The molecule has 44 heavy (non-hydrogen) atoms. The molecule has 0 aliphatic carbocycles. The zero-order chi connectivity index (χ0) is 30.5. The monoisotopic (exact) mass is 596 g/mol. The summed E-state index contributed by atoms with van der Waals surface area (Å²) in [5.74, 6) is 3.66. The molecule has 0 saturated carbocycles. The Morgan fingerprint density at radius 1 is 0.636 bits per heavy atom. The number of nitrogens with zero attached hydrogens (tertiary/aromatic N) is 1. The summed E-state index contributed by atoms with van der Waals surface area (Å²) < 4.78 is 32.3. The highest BCUT2D eigenvalue weighted by atomic mass is 16.7. The first-order valence-electron chi connectivity index (χ1n) is 14.8. The minimum absolute atomic E-state index is 0.0191. The number of benzene rings is 4. The fraction of sp³-hybridized carbons (Fsp3) is 0.306. The van der Waals surface area contributed by atoms with Crippen molar-refractivity contribution in [2.24, 2.45) is 10.9 Å². The lowest BCUT2D eigenvalue weighted by Crippen LogP contribution is -2.67. The van der Waals surface area contributed by atoms with E-state index in [1.165, 1.54) is 6.21 Å². The summed E-state index contributed by atoms with van der Waals surface area (Å²) in [4.78, 5) is 0. The Morgan fingerprint density at radius 2 is 1.07 bits per heavy atom. The fourth-order valence-corrected chi connectivity index (χ4v) is 5.28. The van der Waals surface area contributed by atoms with Crippen LogP contribution in [0.4, 0.5) is 0 Å². The van der Waals surface area contributed by atoms with Gasteiger partial charge < -0.3 is 34.6 Å². The smallest absolute Gasteiger partial charge is 0.200 e. The van der Waals surface area contributed by atoms with Gasteiger partial charge in [0.1, 0.15) is 24.4 Å². The van der Waals surface area contributed by atoms with E-state index in [0.717, 1.165) is 22.3 Å². The lowest BCUT2D eigenvalue weighted by Gasteiger charge is -2.50. The summed E-state index contributed by atoms with van der Waals surface area (Å²) in [6.07, 6.45) is -1.63. The Labute approximate surface area is 259 Å². The van der Waals surface area contributed by atoms with Gasteiger partial charge in [-0.3, -0.25) is 0 Å². The standard InChI is InChI=1S/C36H40N2O6/c37-38-22-21-36(39)35(43-26-31-19-11-4-12-20-31)34(42-25-30-17-9-3-10-18-30)33(41-24-29-15-7-2-8-16-29)32(44-36)27-40-23-28-13-5-1-6-14-28/h1-20,22,32-35,39H,21,23-27,37H2/b38-22+/t32-,33-,34+,35-,36+/m1/s1. The largest absolute Gasteiger partial charge is 0.374 e. The molecule has 4 aromatic rings. The van der Waals surface area contributed by atoms with Crippen molar-refractivity contribution >= 4 is 6.21 Å². The maximum atomic E-state index is 12.1. The van der Waals surface area contributed by atoms with Crippen molar-refractivity contribution in [1.29, 1.82) is 0 Å². The summed E-state index contributed by atoms with van der Waals surface area (Å²) in [5.41, 5.74) is 3.94. The normalized spacial score (nSPS) is 23.6. The first kappa shape index (κ1) is 31.5. The second-order valence-electron chi connectivity index (χ2n) is 10.8. The van der Waals surface area contributed by atoms with Crippen molar-refractivity contribution in [2.45, 2.75) is 63.1 Å². The molecule has 0 bridgehead atoms. The lowest BCUT2D eigenvalue weighted by atomic mass is 9.90. The number of hydrazone groups is 1. The molecule has 1 heterocycles. The van der Waals surface area contributed by atoms with Crippen LogP contribution >= 0.6 is 0 Å². The molecule has 0 aromatic heterocycles. The second kappa shape index (κ2) is 16.3. The van der Waals surface area contributed by atoms with Crippen LogP contribution in [0.5, 0.6) is 0 Å². The van der Waals surface area contributed by atoms with Gasteiger partial charge in [0.15, 0.2) is 0 Å². The van der Waals surface area contributed by atoms with Crippen LogP contribution < -0.4 is 5.84 Å². The molecule has 1 aliphatic rings. The third-order valence-corrected chi connectivity index (χ3v) is 7.51. The third kappa shape index (κ3) is 8.83. The molecule has 1 fully saturated rings. The molecule has 0 spiro atoms. The Morgan fingerprint density at radius 3 is 1.55 bits per heavy atom. The van der Waals surface area contributed by atoms with Crippen LogP contribution in [0.25, 0.3) is 0 Å². The highest BCUT2D eigenvalue weighted by Crippen LogP contribution is 2.37. The molecule has 0 amide bonds. The van der Waals surface area contributed by atoms with Gasteiger partial charge in [0, 0.05) is 12.6 Å². The molecule has 5 rings (SSSR count). The molecule has 8 nitrogen and oxygen atoms in total. The number of rotatable bonds is 15. The van der Waals surface area contributed by atoms with E-state index in [0.29, 0.717) is 13.2 Å². The van der Waals surface area contributed by atoms with E-state index in [2.05, 4.69) is 5.10 Å². The van der Waals surface area contributed by atoms with Crippen LogP contribution in [-0.2, 0) is 50.1 Å². The summed E-state index contributed by atoms with van der Waals surface area (Å²) in [5, 5.41) is 15.8. The highest BCUT2D eigenvalue weighted by molar-refractivity contribution is 5.58. The van der Waals surface area contributed by atoms with Gasteiger partial charge >= 0.3 is 0 Å². The van der Waals surface area contributed by atoms with Crippen LogP contribution in [0.2, 0.25) is 0 Å². The van der Waals surface area contributed by atoms with Crippen molar-refractivity contribution in [3.63, 3.8) is 0 Å². The minimum atomic E-state index is -1.83. The van der Waals surface area contributed by atoms with E-state index >= 15 is 0 Å². The molecule has 0 unspecified atom stereocenters. The predicted molar refractivity (Wildman–Crippen MR) is 168 cm³/mol. The SMILES string of the molecule is N/N=C/C[C@]1(O)O[C@H](COCc2ccccc2)[C@@H](OCc2ccccc2)[C@H](OCc2ccccc2)[C@H]1OCc1ccccc1. The topological polar surface area (TPSA) is 105 Å². The Kier molecular flexibility index (Phi) is 11.7. The van der Waals surface area contributed by atoms with Crippen LogP contribution in [0.15, 0.2) is 126 Å². The van der Waals surface area contributed by atoms with Gasteiger partial charge in [-0.2, -0.15) is 5.10 Å². The summed E-state index contributed by atoms with van der Waals surface area (Å²) >= 11 is 0. The quantitative estimate of drug-likeness (QED) is 0.108. The molecule has 1 saturated heterocycles. The van der Waals surface area contributed by atoms with Crippen molar-refractivity contribution in [1.82, 2.24) is 0 Å². The van der Waals surface area contributed by atoms with Crippen LogP contribution in [0, 0.1) is 0 Å². The number of nitrogens with two attached hydrogens (primary N) is 1.